The van der Waals surface area contributed by atoms with Gasteiger partial charge < -0.3 is 10.5 Å². The monoisotopic (exact) mass is 379 g/mol. The van der Waals surface area contributed by atoms with E-state index in [4.69, 9.17) is 10.5 Å². The van der Waals surface area contributed by atoms with Crippen molar-refractivity contribution in [2.75, 3.05) is 13.2 Å². The normalized spacial score (nSPS) is 13.4. The Morgan fingerprint density at radius 3 is 2.22 bits per heavy atom. The molecule has 0 aliphatic carbocycles. The average molecular weight is 380 g/mol. The first kappa shape index (κ1) is 17.6. The fourth-order valence-electron chi connectivity index (χ4n) is 2.61. The van der Waals surface area contributed by atoms with E-state index in [1.54, 1.807) is 19.1 Å². The zero-order valence-electron chi connectivity index (χ0n) is 12.8. The van der Waals surface area contributed by atoms with E-state index in [-0.39, 0.29) is 30.9 Å². The van der Waals surface area contributed by atoms with Crippen LogP contribution in [0.5, 0.6) is 0 Å². The van der Waals surface area contributed by atoms with Crippen molar-refractivity contribution < 1.29 is 13.9 Å². The lowest BCUT2D eigenvalue weighted by Crippen LogP contribution is -2.28. The number of halogens is 2. The molecule has 0 bridgehead atoms. The second-order valence-corrected chi connectivity index (χ2v) is 6.09. The van der Waals surface area contributed by atoms with Gasteiger partial charge in [-0.25, -0.2) is 4.39 Å². The van der Waals surface area contributed by atoms with Crippen LogP contribution < -0.4 is 5.73 Å². The first-order chi connectivity index (χ1) is 11.1. The van der Waals surface area contributed by atoms with Gasteiger partial charge in [0.1, 0.15) is 5.82 Å². The van der Waals surface area contributed by atoms with Gasteiger partial charge in [-0.2, -0.15) is 0 Å². The molecule has 2 N–H and O–H groups in total. The first-order valence-corrected chi connectivity index (χ1v) is 8.23. The summed E-state index contributed by atoms with van der Waals surface area (Å²) in [6.45, 7) is 2.33. The SMILES string of the molecule is CCOC(=O)C(c1ccc(F)cc1)C(CN)c1ccc(Br)cc1. The van der Waals surface area contributed by atoms with E-state index in [1.807, 2.05) is 24.3 Å². The number of carbonyl (C=O) groups excluding carboxylic acids is 1. The summed E-state index contributed by atoms with van der Waals surface area (Å²) >= 11 is 3.40. The van der Waals surface area contributed by atoms with Crippen molar-refractivity contribution in [3.63, 3.8) is 0 Å². The van der Waals surface area contributed by atoms with Crippen molar-refractivity contribution in [2.45, 2.75) is 18.8 Å². The summed E-state index contributed by atoms with van der Waals surface area (Å²) in [5.41, 5.74) is 7.59. The first-order valence-electron chi connectivity index (χ1n) is 7.44. The lowest BCUT2D eigenvalue weighted by molar-refractivity contribution is -0.145. The van der Waals surface area contributed by atoms with Crippen LogP contribution in [0, 0.1) is 5.82 Å². The van der Waals surface area contributed by atoms with Gasteiger partial charge in [-0.15, -0.1) is 0 Å². The van der Waals surface area contributed by atoms with Crippen molar-refractivity contribution in [3.8, 4) is 0 Å². The van der Waals surface area contributed by atoms with E-state index in [1.165, 1.54) is 12.1 Å². The van der Waals surface area contributed by atoms with E-state index in [9.17, 15) is 9.18 Å². The zero-order chi connectivity index (χ0) is 16.8. The molecule has 3 nitrogen and oxygen atoms in total. The molecule has 0 amide bonds. The minimum atomic E-state index is -0.568. The standard InChI is InChI=1S/C18H19BrFNO2/c1-2-23-18(22)17(13-5-9-15(20)10-6-13)16(11-21)12-3-7-14(19)8-4-12/h3-10,16-17H,2,11,21H2,1H3. The van der Waals surface area contributed by atoms with Gasteiger partial charge in [-0.1, -0.05) is 40.2 Å². The summed E-state index contributed by atoms with van der Waals surface area (Å²) < 4.78 is 19.4. The van der Waals surface area contributed by atoms with Crippen molar-refractivity contribution in [1.82, 2.24) is 0 Å². The average Bonchev–Trinajstić information content (AvgIpc) is 2.55. The smallest absolute Gasteiger partial charge is 0.314 e. The molecule has 2 aromatic carbocycles. The maximum absolute atomic E-state index is 13.2. The van der Waals surface area contributed by atoms with Crippen LogP contribution in [0.25, 0.3) is 0 Å². The molecule has 0 saturated heterocycles. The van der Waals surface area contributed by atoms with Crippen LogP contribution in [0.4, 0.5) is 4.39 Å². The third-order valence-corrected chi connectivity index (χ3v) is 4.25. The predicted octanol–water partition coefficient (Wildman–Crippen LogP) is 3.98. The van der Waals surface area contributed by atoms with Gasteiger partial charge in [-0.3, -0.25) is 4.79 Å². The highest BCUT2D eigenvalue weighted by Crippen LogP contribution is 2.34. The number of hydrogen-bond acceptors (Lipinski definition) is 3. The van der Waals surface area contributed by atoms with Crippen LogP contribution in [0.1, 0.15) is 29.9 Å². The Labute approximate surface area is 143 Å². The van der Waals surface area contributed by atoms with E-state index in [2.05, 4.69) is 15.9 Å². The second kappa shape index (κ2) is 8.22. The molecule has 23 heavy (non-hydrogen) atoms. The third kappa shape index (κ3) is 4.39. The largest absolute Gasteiger partial charge is 0.466 e. The maximum Gasteiger partial charge on any atom is 0.314 e. The van der Waals surface area contributed by atoms with E-state index >= 15 is 0 Å². The van der Waals surface area contributed by atoms with E-state index in [0.717, 1.165) is 10.0 Å². The Morgan fingerprint density at radius 1 is 1.13 bits per heavy atom. The van der Waals surface area contributed by atoms with E-state index < -0.39 is 5.92 Å². The summed E-state index contributed by atoms with van der Waals surface area (Å²) in [5, 5.41) is 0. The molecular weight excluding hydrogens is 361 g/mol. The molecule has 0 fully saturated rings. The molecule has 0 heterocycles. The summed E-state index contributed by atoms with van der Waals surface area (Å²) in [6, 6.07) is 13.6. The number of benzene rings is 2. The summed E-state index contributed by atoms with van der Waals surface area (Å²) in [6.07, 6.45) is 0. The fourth-order valence-corrected chi connectivity index (χ4v) is 2.87. The van der Waals surface area contributed by atoms with Crippen molar-refractivity contribution in [3.05, 3.63) is 69.9 Å². The zero-order valence-corrected chi connectivity index (χ0v) is 14.4. The van der Waals surface area contributed by atoms with Gasteiger partial charge in [0, 0.05) is 16.9 Å². The van der Waals surface area contributed by atoms with Crippen LogP contribution in [-0.4, -0.2) is 19.1 Å². The van der Waals surface area contributed by atoms with Crippen molar-refractivity contribution in [2.24, 2.45) is 5.73 Å². The molecule has 0 radical (unpaired) electrons. The van der Waals surface area contributed by atoms with Gasteiger partial charge in [0.25, 0.3) is 0 Å². The minimum Gasteiger partial charge on any atom is -0.466 e. The topological polar surface area (TPSA) is 52.3 Å². The highest BCUT2D eigenvalue weighted by molar-refractivity contribution is 9.10. The summed E-state index contributed by atoms with van der Waals surface area (Å²) in [7, 11) is 0. The van der Waals surface area contributed by atoms with Crippen molar-refractivity contribution in [1.29, 1.82) is 0 Å². The molecule has 0 aliphatic rings. The number of esters is 1. The van der Waals surface area contributed by atoms with Gasteiger partial charge in [-0.05, 0) is 42.3 Å². The molecule has 0 aliphatic heterocycles. The minimum absolute atomic E-state index is 0.243. The number of carbonyl (C=O) groups is 1. The van der Waals surface area contributed by atoms with Crippen LogP contribution in [-0.2, 0) is 9.53 Å². The number of hydrogen-bond donors (Lipinski definition) is 1. The Balaban J connectivity index is 2.43. The fraction of sp³-hybridized carbons (Fsp3) is 0.278. The van der Waals surface area contributed by atoms with Crippen molar-refractivity contribution >= 4 is 21.9 Å². The number of rotatable bonds is 6. The Kier molecular flexibility index (Phi) is 6.30. The molecule has 2 unspecified atom stereocenters. The summed E-state index contributed by atoms with van der Waals surface area (Å²) in [5.74, 6) is -1.50. The Bertz CT molecular complexity index is 643. The van der Waals surface area contributed by atoms with Gasteiger partial charge >= 0.3 is 5.97 Å². The molecule has 0 aromatic heterocycles. The molecule has 122 valence electrons. The quantitative estimate of drug-likeness (QED) is 0.772. The van der Waals surface area contributed by atoms with Crippen LogP contribution >= 0.6 is 15.9 Å². The molecule has 2 aromatic rings. The molecule has 2 rings (SSSR count). The molecule has 5 heteroatoms. The highest BCUT2D eigenvalue weighted by atomic mass is 79.9. The Morgan fingerprint density at radius 2 is 1.70 bits per heavy atom. The van der Waals surface area contributed by atoms with E-state index in [0.29, 0.717) is 5.56 Å². The Hall–Kier alpha value is -1.72. The van der Waals surface area contributed by atoms with Crippen LogP contribution in [0.3, 0.4) is 0 Å². The van der Waals surface area contributed by atoms with Crippen LogP contribution in [0.15, 0.2) is 53.0 Å². The number of nitrogens with two attached hydrogens (primary N) is 1. The highest BCUT2D eigenvalue weighted by Gasteiger charge is 2.31. The van der Waals surface area contributed by atoms with Crippen LogP contribution in [0.2, 0.25) is 0 Å². The van der Waals surface area contributed by atoms with Gasteiger partial charge in [0.2, 0.25) is 0 Å². The molecule has 0 spiro atoms. The lowest BCUT2D eigenvalue weighted by Gasteiger charge is -2.25. The van der Waals surface area contributed by atoms with Gasteiger partial charge in [0.15, 0.2) is 0 Å². The molecular formula is C18H19BrFNO2. The second-order valence-electron chi connectivity index (χ2n) is 5.18. The lowest BCUT2D eigenvalue weighted by atomic mass is 9.81. The predicted molar refractivity (Wildman–Crippen MR) is 91.7 cm³/mol. The third-order valence-electron chi connectivity index (χ3n) is 3.72. The van der Waals surface area contributed by atoms with Gasteiger partial charge in [0.05, 0.1) is 12.5 Å². The maximum atomic E-state index is 13.2. The summed E-state index contributed by atoms with van der Waals surface area (Å²) in [4.78, 5) is 12.5. The molecule has 0 saturated carbocycles. The number of ether oxygens (including phenoxy) is 1. The molecule has 2 atom stereocenters.